The third kappa shape index (κ3) is 3.79. The van der Waals surface area contributed by atoms with Crippen LogP contribution in [-0.4, -0.2) is 11.4 Å². The molecule has 0 fully saturated rings. The number of halogens is 2. The molecule has 2 aromatic rings. The van der Waals surface area contributed by atoms with Crippen LogP contribution in [-0.2, 0) is 11.3 Å². The molecule has 5 nitrogen and oxygen atoms in total. The topological polar surface area (TPSA) is 66.5 Å². The maximum Gasteiger partial charge on any atom is 0.253 e. The van der Waals surface area contributed by atoms with Gasteiger partial charge in [-0.1, -0.05) is 30.1 Å². The molecule has 0 unspecified atom stereocenters. The average Bonchev–Trinajstić information content (AvgIpc) is 2.53. The van der Waals surface area contributed by atoms with E-state index >= 15 is 0 Å². The normalized spacial score (nSPS) is 11.7. The Morgan fingerprint density at radius 3 is 2.27 bits per heavy atom. The van der Waals surface area contributed by atoms with Crippen LogP contribution in [0.25, 0.3) is 0 Å². The molecule has 26 heavy (non-hydrogen) atoms. The van der Waals surface area contributed by atoms with Crippen LogP contribution in [0.3, 0.4) is 0 Å². The lowest BCUT2D eigenvalue weighted by Crippen LogP contribution is -2.53. The summed E-state index contributed by atoms with van der Waals surface area (Å²) >= 11 is 12.2. The summed E-state index contributed by atoms with van der Waals surface area (Å²) in [6.07, 6.45) is 0.234. The Balaban J connectivity index is 2.39. The van der Waals surface area contributed by atoms with E-state index in [0.717, 1.165) is 11.1 Å². The summed E-state index contributed by atoms with van der Waals surface area (Å²) in [5, 5.41) is 3.98. The van der Waals surface area contributed by atoms with Crippen molar-refractivity contribution < 1.29 is 4.79 Å². The molecule has 2 aromatic carbocycles. The first-order valence-corrected chi connectivity index (χ1v) is 9.09. The molecule has 0 spiro atoms. The van der Waals surface area contributed by atoms with Gasteiger partial charge in [0.15, 0.2) is 0 Å². The maximum atomic E-state index is 12.4. The van der Waals surface area contributed by atoms with Crippen LogP contribution in [0.5, 0.6) is 0 Å². The minimum absolute atomic E-state index is 0.122. The van der Waals surface area contributed by atoms with Gasteiger partial charge >= 0.3 is 0 Å². The second-order valence-electron chi connectivity index (χ2n) is 7.17. The van der Waals surface area contributed by atoms with Gasteiger partial charge in [-0.2, -0.15) is 0 Å². The van der Waals surface area contributed by atoms with Gasteiger partial charge in [0.05, 0.1) is 0 Å². The van der Waals surface area contributed by atoms with E-state index in [1.54, 1.807) is 19.1 Å². The zero-order valence-electron chi connectivity index (χ0n) is 15.5. The lowest BCUT2D eigenvalue weighted by molar-refractivity contribution is -0.119. The highest BCUT2D eigenvalue weighted by Crippen LogP contribution is 2.30. The first-order chi connectivity index (χ1) is 12.0. The lowest BCUT2D eigenvalue weighted by atomic mass is 10.0. The highest BCUT2D eigenvalue weighted by atomic mass is 35.5. The van der Waals surface area contributed by atoms with Crippen LogP contribution < -0.4 is 21.1 Å². The van der Waals surface area contributed by atoms with Gasteiger partial charge in [0.2, 0.25) is 5.91 Å². The number of hydrogen-bond acceptors (Lipinski definition) is 4. The first-order valence-electron chi connectivity index (χ1n) is 8.33. The number of carbonyl (C=O) groups is 1. The van der Waals surface area contributed by atoms with Gasteiger partial charge in [-0.05, 0) is 51.0 Å². The molecular formula is C19H22Cl2N2O3. The predicted octanol–water partition coefficient (Wildman–Crippen LogP) is 4.05. The summed E-state index contributed by atoms with van der Waals surface area (Å²) in [5.41, 5.74) is 0.0181. The molecule has 1 N–H and O–H groups in total. The fourth-order valence-electron chi connectivity index (χ4n) is 2.88. The van der Waals surface area contributed by atoms with Gasteiger partial charge in [0.1, 0.15) is 11.4 Å². The Hall–Kier alpha value is -1.85. The molecule has 0 aliphatic carbocycles. The zero-order valence-corrected chi connectivity index (χ0v) is 17.0. The Labute approximate surface area is 162 Å². The van der Waals surface area contributed by atoms with Crippen molar-refractivity contribution >= 4 is 40.5 Å². The Morgan fingerprint density at radius 2 is 1.77 bits per heavy atom. The second-order valence-corrected chi connectivity index (χ2v) is 8.02. The van der Waals surface area contributed by atoms with Crippen molar-refractivity contribution in [3.05, 3.63) is 53.8 Å². The van der Waals surface area contributed by atoms with Crippen LogP contribution in [0.2, 0.25) is 10.0 Å². The molecule has 0 aliphatic rings. The number of nitrogens with zero attached hydrogens (tertiary/aromatic N) is 1. The van der Waals surface area contributed by atoms with Gasteiger partial charge in [0.25, 0.3) is 10.9 Å². The standard InChI is InChI=1S/C19H22Cl2N2O3/c1-6-14(24)23(19(3,4)5)16-15(17(25)18(16)26)22-9-12-10(2)7-11(20)8-13(12)21/h7-8,22H,6,9H2,1-5H3. The molecule has 0 aliphatic heterocycles. The van der Waals surface area contributed by atoms with Gasteiger partial charge in [0, 0.05) is 28.5 Å². The van der Waals surface area contributed by atoms with E-state index in [-0.39, 0.29) is 30.2 Å². The molecule has 7 heteroatoms. The summed E-state index contributed by atoms with van der Waals surface area (Å²) in [6, 6.07) is 3.40. The van der Waals surface area contributed by atoms with E-state index in [0.29, 0.717) is 10.0 Å². The Kier molecular flexibility index (Phi) is 5.83. The minimum Gasteiger partial charge on any atom is -0.376 e. The highest BCUT2D eigenvalue weighted by molar-refractivity contribution is 6.35. The van der Waals surface area contributed by atoms with Gasteiger partial charge < -0.3 is 10.2 Å². The van der Waals surface area contributed by atoms with Crippen molar-refractivity contribution in [1.82, 2.24) is 0 Å². The van der Waals surface area contributed by atoms with E-state index in [4.69, 9.17) is 23.2 Å². The van der Waals surface area contributed by atoms with E-state index < -0.39 is 16.4 Å². The predicted molar refractivity (Wildman–Crippen MR) is 107 cm³/mol. The first kappa shape index (κ1) is 20.5. The van der Waals surface area contributed by atoms with Gasteiger partial charge in [-0.15, -0.1) is 0 Å². The second kappa shape index (κ2) is 7.41. The third-order valence-electron chi connectivity index (χ3n) is 4.16. The number of benzene rings is 1. The molecule has 0 heterocycles. The largest absolute Gasteiger partial charge is 0.376 e. The number of amides is 1. The summed E-state index contributed by atoms with van der Waals surface area (Å²) in [4.78, 5) is 38.1. The summed E-state index contributed by atoms with van der Waals surface area (Å²) in [5.74, 6) is -0.214. The SMILES string of the molecule is CCC(=O)N(c1c(NCc2c(C)cc(Cl)cc2Cl)c(=O)c1=O)C(C)(C)C. The van der Waals surface area contributed by atoms with Crippen molar-refractivity contribution in [1.29, 1.82) is 0 Å². The molecule has 0 atom stereocenters. The summed E-state index contributed by atoms with van der Waals surface area (Å²) in [6.45, 7) is 9.29. The van der Waals surface area contributed by atoms with E-state index in [9.17, 15) is 14.4 Å². The van der Waals surface area contributed by atoms with Gasteiger partial charge in [-0.3, -0.25) is 14.4 Å². The molecule has 0 radical (unpaired) electrons. The van der Waals surface area contributed by atoms with Crippen molar-refractivity contribution in [2.45, 2.75) is 53.1 Å². The van der Waals surface area contributed by atoms with E-state index in [1.807, 2.05) is 27.7 Å². The van der Waals surface area contributed by atoms with E-state index in [2.05, 4.69) is 5.32 Å². The number of rotatable bonds is 5. The molecule has 0 bridgehead atoms. The van der Waals surface area contributed by atoms with Crippen molar-refractivity contribution in [2.75, 3.05) is 10.2 Å². The fourth-order valence-corrected chi connectivity index (χ4v) is 3.54. The fraction of sp³-hybridized carbons (Fsp3) is 0.421. The molecule has 2 rings (SSSR count). The van der Waals surface area contributed by atoms with Crippen molar-refractivity contribution in [3.8, 4) is 0 Å². The molecule has 0 aromatic heterocycles. The molecule has 1 amide bonds. The summed E-state index contributed by atoms with van der Waals surface area (Å²) in [7, 11) is 0. The molecule has 0 saturated heterocycles. The molecule has 0 saturated carbocycles. The maximum absolute atomic E-state index is 12.4. The number of nitrogens with one attached hydrogen (secondary N) is 1. The van der Waals surface area contributed by atoms with Gasteiger partial charge in [-0.25, -0.2) is 0 Å². The van der Waals surface area contributed by atoms with Crippen molar-refractivity contribution in [2.24, 2.45) is 0 Å². The van der Waals surface area contributed by atoms with Crippen LogP contribution in [0.15, 0.2) is 21.7 Å². The van der Waals surface area contributed by atoms with Crippen LogP contribution in [0.1, 0.15) is 45.2 Å². The third-order valence-corrected chi connectivity index (χ3v) is 4.71. The number of carbonyl (C=O) groups excluding carboxylic acids is 1. The number of hydrogen-bond donors (Lipinski definition) is 1. The van der Waals surface area contributed by atoms with Crippen LogP contribution in [0.4, 0.5) is 11.4 Å². The average molecular weight is 397 g/mol. The van der Waals surface area contributed by atoms with Crippen LogP contribution >= 0.6 is 23.2 Å². The lowest BCUT2D eigenvalue weighted by Gasteiger charge is -2.37. The minimum atomic E-state index is -0.650. The number of aryl methyl sites for hydroxylation is 1. The molecule has 140 valence electrons. The van der Waals surface area contributed by atoms with Crippen molar-refractivity contribution in [3.63, 3.8) is 0 Å². The monoisotopic (exact) mass is 396 g/mol. The number of anilines is 2. The molecular weight excluding hydrogens is 375 g/mol. The smallest absolute Gasteiger partial charge is 0.253 e. The zero-order chi connectivity index (χ0) is 19.8. The quantitative estimate of drug-likeness (QED) is 0.773. The highest BCUT2D eigenvalue weighted by Gasteiger charge is 2.35. The van der Waals surface area contributed by atoms with Crippen LogP contribution in [0, 0.1) is 6.92 Å². The summed E-state index contributed by atoms with van der Waals surface area (Å²) < 4.78 is 0. The Bertz CT molecular complexity index is 899. The van der Waals surface area contributed by atoms with E-state index in [1.165, 1.54) is 4.90 Å². The Morgan fingerprint density at radius 1 is 1.15 bits per heavy atom.